The van der Waals surface area contributed by atoms with Crippen LogP contribution in [0, 0.1) is 0 Å². The van der Waals surface area contributed by atoms with Gasteiger partial charge in [0, 0.05) is 35.0 Å². The lowest BCUT2D eigenvalue weighted by molar-refractivity contribution is -0.134. The smallest absolute Gasteiger partial charge is 0.291 e. The number of nitrogens with one attached hydrogen (secondary N) is 1. The highest BCUT2D eigenvalue weighted by Crippen LogP contribution is 2.25. The quantitative estimate of drug-likeness (QED) is 0.562. The minimum absolute atomic E-state index is 0.0937. The van der Waals surface area contributed by atoms with Crippen molar-refractivity contribution in [3.8, 4) is 0 Å². The maximum absolute atomic E-state index is 12.7. The summed E-state index contributed by atoms with van der Waals surface area (Å²) in [6.45, 7) is 2.46. The van der Waals surface area contributed by atoms with Crippen LogP contribution in [0.1, 0.15) is 21.7 Å². The molecule has 31 heavy (non-hydrogen) atoms. The Bertz CT molecular complexity index is 1010. The second kappa shape index (κ2) is 10.3. The molecule has 0 radical (unpaired) electrons. The summed E-state index contributed by atoms with van der Waals surface area (Å²) in [5.41, 5.74) is 2.41. The molecule has 0 spiro atoms. The molecule has 0 unspecified atom stereocenters. The zero-order chi connectivity index (χ0) is 21.5. The lowest BCUT2D eigenvalue weighted by atomic mass is 10.1. The summed E-state index contributed by atoms with van der Waals surface area (Å²) in [6.07, 6.45) is 1.88. The zero-order valence-electron chi connectivity index (χ0n) is 17.1. The molecular formula is C24H24N2O4S. The summed E-state index contributed by atoms with van der Waals surface area (Å²) in [6, 6.07) is 19.2. The molecule has 0 saturated carbocycles. The van der Waals surface area contributed by atoms with Crippen molar-refractivity contribution >= 4 is 29.3 Å². The number of amides is 2. The van der Waals surface area contributed by atoms with E-state index in [1.54, 1.807) is 23.9 Å². The lowest BCUT2D eigenvalue weighted by Crippen LogP contribution is -2.41. The first-order chi connectivity index (χ1) is 15.2. The van der Waals surface area contributed by atoms with Crippen molar-refractivity contribution in [3.63, 3.8) is 0 Å². The van der Waals surface area contributed by atoms with Crippen LogP contribution in [0.5, 0.6) is 0 Å². The van der Waals surface area contributed by atoms with Crippen molar-refractivity contribution in [2.45, 2.75) is 17.1 Å². The first kappa shape index (κ1) is 21.2. The minimum Gasteiger partial charge on any atom is -0.459 e. The van der Waals surface area contributed by atoms with Gasteiger partial charge in [-0.3, -0.25) is 9.59 Å². The highest BCUT2D eigenvalue weighted by molar-refractivity contribution is 7.98. The molecular weight excluding hydrogens is 412 g/mol. The predicted molar refractivity (Wildman–Crippen MR) is 120 cm³/mol. The van der Waals surface area contributed by atoms with Crippen LogP contribution in [0.2, 0.25) is 0 Å². The third-order valence-electron chi connectivity index (χ3n) is 5.02. The summed E-state index contributed by atoms with van der Waals surface area (Å²) in [7, 11) is 0. The number of benzene rings is 2. The van der Waals surface area contributed by atoms with Crippen LogP contribution in [0.4, 0.5) is 5.69 Å². The number of rotatable bonds is 7. The average Bonchev–Trinajstić information content (AvgIpc) is 3.29. The Morgan fingerprint density at radius 3 is 2.45 bits per heavy atom. The Balaban J connectivity index is 1.33. The van der Waals surface area contributed by atoms with Gasteiger partial charge in [0.25, 0.3) is 5.91 Å². The van der Waals surface area contributed by atoms with Gasteiger partial charge in [-0.25, -0.2) is 0 Å². The number of carbonyl (C=O) groups excluding carboxylic acids is 2. The van der Waals surface area contributed by atoms with Crippen LogP contribution in [-0.4, -0.2) is 43.0 Å². The number of furan rings is 1. The summed E-state index contributed by atoms with van der Waals surface area (Å²) in [5, 5.41) is 2.87. The van der Waals surface area contributed by atoms with Gasteiger partial charge in [-0.1, -0.05) is 30.3 Å². The van der Waals surface area contributed by atoms with Gasteiger partial charge in [-0.2, -0.15) is 0 Å². The molecule has 1 aromatic heterocycles. The van der Waals surface area contributed by atoms with Crippen molar-refractivity contribution in [2.24, 2.45) is 0 Å². The van der Waals surface area contributed by atoms with Crippen LogP contribution in [0.15, 0.2) is 76.2 Å². The molecule has 3 aromatic rings. The third kappa shape index (κ3) is 5.77. The van der Waals surface area contributed by atoms with E-state index in [0.29, 0.717) is 49.9 Å². The molecule has 1 saturated heterocycles. The Morgan fingerprint density at radius 1 is 0.968 bits per heavy atom. The highest BCUT2D eigenvalue weighted by atomic mass is 32.2. The molecule has 160 valence electrons. The number of nitrogens with zero attached hydrogens (tertiary/aromatic N) is 1. The van der Waals surface area contributed by atoms with Crippen molar-refractivity contribution in [3.05, 3.63) is 83.8 Å². The van der Waals surface area contributed by atoms with Crippen LogP contribution in [-0.2, 0) is 21.7 Å². The molecule has 0 atom stereocenters. The van der Waals surface area contributed by atoms with Crippen LogP contribution >= 0.6 is 11.8 Å². The molecule has 2 aromatic carbocycles. The van der Waals surface area contributed by atoms with Crippen LogP contribution < -0.4 is 5.32 Å². The van der Waals surface area contributed by atoms with Gasteiger partial charge in [0.1, 0.15) is 0 Å². The van der Waals surface area contributed by atoms with E-state index in [-0.39, 0.29) is 11.8 Å². The second-order valence-corrected chi connectivity index (χ2v) is 8.25. The summed E-state index contributed by atoms with van der Waals surface area (Å²) in [5.74, 6) is 0.767. The summed E-state index contributed by atoms with van der Waals surface area (Å²) < 4.78 is 10.7. The van der Waals surface area contributed by atoms with Crippen molar-refractivity contribution in [2.75, 3.05) is 31.6 Å². The fourth-order valence-corrected chi connectivity index (χ4v) is 4.22. The van der Waals surface area contributed by atoms with Gasteiger partial charge in [0.15, 0.2) is 5.76 Å². The monoisotopic (exact) mass is 436 g/mol. The Hall–Kier alpha value is -3.03. The molecule has 1 aliphatic heterocycles. The third-order valence-corrected chi connectivity index (χ3v) is 6.08. The Kier molecular flexibility index (Phi) is 7.07. The first-order valence-corrected chi connectivity index (χ1v) is 11.2. The van der Waals surface area contributed by atoms with E-state index in [0.717, 1.165) is 16.0 Å². The predicted octanol–water partition coefficient (Wildman–Crippen LogP) is 4.23. The minimum atomic E-state index is -0.286. The lowest BCUT2D eigenvalue weighted by Gasteiger charge is -2.26. The van der Waals surface area contributed by atoms with E-state index in [1.165, 1.54) is 6.26 Å². The maximum Gasteiger partial charge on any atom is 0.291 e. The van der Waals surface area contributed by atoms with Crippen molar-refractivity contribution < 1.29 is 18.7 Å². The van der Waals surface area contributed by atoms with Gasteiger partial charge >= 0.3 is 0 Å². The van der Waals surface area contributed by atoms with E-state index in [9.17, 15) is 9.59 Å². The van der Waals surface area contributed by atoms with Gasteiger partial charge in [-0.15, -0.1) is 11.8 Å². The zero-order valence-corrected chi connectivity index (χ0v) is 17.9. The maximum atomic E-state index is 12.7. The topological polar surface area (TPSA) is 71.8 Å². The molecule has 2 amide bonds. The number of morpholine rings is 1. The number of hydrogen-bond acceptors (Lipinski definition) is 5. The van der Waals surface area contributed by atoms with Crippen LogP contribution in [0.25, 0.3) is 0 Å². The SMILES string of the molecule is O=C(Nc1ccc(CC(=O)N2CCOCC2)cc1)c1occc1CSc1ccccc1. The van der Waals surface area contributed by atoms with Gasteiger partial charge in [-0.05, 0) is 35.9 Å². The van der Waals surface area contributed by atoms with Crippen molar-refractivity contribution in [1.82, 2.24) is 4.90 Å². The fourth-order valence-electron chi connectivity index (χ4n) is 3.32. The Labute approximate surface area is 185 Å². The van der Waals surface area contributed by atoms with Gasteiger partial charge in [0.2, 0.25) is 5.91 Å². The number of carbonyl (C=O) groups is 2. The molecule has 1 N–H and O–H groups in total. The number of ether oxygens (including phenoxy) is 1. The molecule has 7 heteroatoms. The largest absolute Gasteiger partial charge is 0.459 e. The van der Waals surface area contributed by atoms with Crippen molar-refractivity contribution in [1.29, 1.82) is 0 Å². The normalized spacial score (nSPS) is 13.7. The van der Waals surface area contributed by atoms with Gasteiger partial charge in [0.05, 0.1) is 25.9 Å². The molecule has 2 heterocycles. The molecule has 1 aliphatic rings. The van der Waals surface area contributed by atoms with E-state index in [2.05, 4.69) is 5.32 Å². The first-order valence-electron chi connectivity index (χ1n) is 10.2. The standard InChI is InChI=1S/C24H24N2O4S/c27-22(26-11-14-29-15-12-26)16-18-6-8-20(9-7-18)25-24(28)23-19(10-13-30-23)17-31-21-4-2-1-3-5-21/h1-10,13H,11-12,14-17H2,(H,25,28). The number of hydrogen-bond donors (Lipinski definition) is 1. The molecule has 0 bridgehead atoms. The fraction of sp³-hybridized carbons (Fsp3) is 0.250. The van der Waals surface area contributed by atoms with Crippen LogP contribution in [0.3, 0.4) is 0 Å². The van der Waals surface area contributed by atoms with E-state index >= 15 is 0 Å². The van der Waals surface area contributed by atoms with Gasteiger partial charge < -0.3 is 19.4 Å². The molecule has 6 nitrogen and oxygen atoms in total. The molecule has 4 rings (SSSR count). The summed E-state index contributed by atoms with van der Waals surface area (Å²) in [4.78, 5) is 28.0. The van der Waals surface area contributed by atoms with E-state index in [4.69, 9.17) is 9.15 Å². The van der Waals surface area contributed by atoms with E-state index < -0.39 is 0 Å². The summed E-state index contributed by atoms with van der Waals surface area (Å²) >= 11 is 1.65. The molecule has 1 fully saturated rings. The average molecular weight is 437 g/mol. The molecule has 0 aliphatic carbocycles. The van der Waals surface area contributed by atoms with E-state index in [1.807, 2.05) is 53.4 Å². The number of thioether (sulfide) groups is 1. The highest BCUT2D eigenvalue weighted by Gasteiger charge is 2.18. The second-order valence-electron chi connectivity index (χ2n) is 7.20. The number of anilines is 1. The Morgan fingerprint density at radius 2 is 1.71 bits per heavy atom.